The van der Waals surface area contributed by atoms with Crippen LogP contribution in [0.1, 0.15) is 4.88 Å². The lowest BCUT2D eigenvalue weighted by molar-refractivity contribution is -0.126. The molecule has 0 saturated carbocycles. The van der Waals surface area contributed by atoms with Crippen molar-refractivity contribution in [3.8, 4) is 0 Å². The second-order valence-corrected chi connectivity index (χ2v) is 7.49. The van der Waals surface area contributed by atoms with E-state index in [1.165, 1.54) is 52.3 Å². The van der Waals surface area contributed by atoms with Crippen molar-refractivity contribution in [1.82, 2.24) is 4.90 Å². The number of nitrogens with one attached hydrogen (secondary N) is 1. The second-order valence-electron chi connectivity index (χ2n) is 4.84. The number of nitrogens with zero attached hydrogens (tertiary/aromatic N) is 1. The number of benzene rings is 1. The fourth-order valence-corrected chi connectivity index (χ4v) is 3.99. The summed E-state index contributed by atoms with van der Waals surface area (Å²) >= 11 is 7.89. The van der Waals surface area contributed by atoms with Gasteiger partial charge < -0.3 is 5.32 Å². The van der Waals surface area contributed by atoms with Crippen LogP contribution in [0.5, 0.6) is 0 Å². The molecule has 122 valence electrons. The highest BCUT2D eigenvalue weighted by Gasteiger charge is 2.33. The third-order valence-electron chi connectivity index (χ3n) is 3.12. The van der Waals surface area contributed by atoms with Gasteiger partial charge >= 0.3 is 0 Å². The van der Waals surface area contributed by atoms with Gasteiger partial charge in [0.15, 0.2) is 0 Å². The number of hydrogen-bond donors (Lipinski definition) is 1. The average Bonchev–Trinajstić information content (AvgIpc) is 3.14. The number of thioether (sulfide) groups is 1. The summed E-state index contributed by atoms with van der Waals surface area (Å²) in [4.78, 5) is 27.2. The lowest BCUT2D eigenvalue weighted by Crippen LogP contribution is -2.36. The molecule has 1 aromatic carbocycles. The van der Waals surface area contributed by atoms with Crippen LogP contribution < -0.4 is 5.32 Å². The molecule has 1 aromatic heterocycles. The van der Waals surface area contributed by atoms with Gasteiger partial charge in [-0.2, -0.15) is 0 Å². The summed E-state index contributed by atoms with van der Waals surface area (Å²) < 4.78 is 13.2. The minimum atomic E-state index is -0.393. The van der Waals surface area contributed by atoms with E-state index >= 15 is 0 Å². The van der Waals surface area contributed by atoms with Crippen molar-refractivity contribution in [2.75, 3.05) is 11.9 Å². The van der Waals surface area contributed by atoms with Crippen molar-refractivity contribution >= 4 is 63.2 Å². The summed E-state index contributed by atoms with van der Waals surface area (Å²) in [5.74, 6) is -1.06. The molecule has 1 aliphatic rings. The molecule has 3 rings (SSSR count). The molecule has 2 aromatic rings. The molecule has 0 unspecified atom stereocenters. The Hall–Kier alpha value is -2.03. The van der Waals surface area contributed by atoms with Crippen LogP contribution in [0.25, 0.3) is 6.08 Å². The van der Waals surface area contributed by atoms with Crippen LogP contribution in [0.4, 0.5) is 10.1 Å². The number of amides is 2. The van der Waals surface area contributed by atoms with Crippen molar-refractivity contribution in [3.63, 3.8) is 0 Å². The standard InChI is InChI=1S/C16H11FN2O2S3/c17-10-3-5-11(6-4-10)18-14(20)9-19-15(21)13(24-16(19)22)8-12-2-1-7-23-12/h1-8H,9H2,(H,18,20). The van der Waals surface area contributed by atoms with Crippen LogP contribution in [0.3, 0.4) is 0 Å². The minimum absolute atomic E-state index is 0.177. The van der Waals surface area contributed by atoms with Crippen molar-refractivity contribution in [3.05, 3.63) is 57.4 Å². The molecule has 4 nitrogen and oxygen atoms in total. The predicted octanol–water partition coefficient (Wildman–Crippen LogP) is 3.73. The third kappa shape index (κ3) is 3.89. The molecule has 8 heteroatoms. The van der Waals surface area contributed by atoms with Crippen LogP contribution in [0.2, 0.25) is 0 Å². The average molecular weight is 378 g/mol. The normalized spacial score (nSPS) is 16.0. The summed E-state index contributed by atoms with van der Waals surface area (Å²) in [5, 5.41) is 4.53. The Bertz CT molecular complexity index is 816. The van der Waals surface area contributed by atoms with Gasteiger partial charge in [-0.1, -0.05) is 30.0 Å². The summed E-state index contributed by atoms with van der Waals surface area (Å²) in [7, 11) is 0. The predicted molar refractivity (Wildman–Crippen MR) is 99.2 cm³/mol. The van der Waals surface area contributed by atoms with Gasteiger partial charge in [0.05, 0.1) is 4.91 Å². The third-order valence-corrected chi connectivity index (χ3v) is 5.32. The summed E-state index contributed by atoms with van der Waals surface area (Å²) in [6, 6.07) is 9.20. The number of thiocarbonyl (C=S) groups is 1. The van der Waals surface area contributed by atoms with Gasteiger partial charge in [-0.3, -0.25) is 14.5 Å². The van der Waals surface area contributed by atoms with E-state index in [0.29, 0.717) is 14.9 Å². The van der Waals surface area contributed by atoms with Gasteiger partial charge in [0.1, 0.15) is 16.7 Å². The van der Waals surface area contributed by atoms with E-state index in [0.717, 1.165) is 4.88 Å². The largest absolute Gasteiger partial charge is 0.325 e. The van der Waals surface area contributed by atoms with E-state index in [1.807, 2.05) is 17.5 Å². The number of halogens is 1. The van der Waals surface area contributed by atoms with Crippen LogP contribution in [0.15, 0.2) is 46.7 Å². The molecule has 1 saturated heterocycles. The Morgan fingerprint density at radius 1 is 1.29 bits per heavy atom. The lowest BCUT2D eigenvalue weighted by atomic mass is 10.3. The van der Waals surface area contributed by atoms with E-state index in [9.17, 15) is 14.0 Å². The van der Waals surface area contributed by atoms with Crippen molar-refractivity contribution in [2.45, 2.75) is 0 Å². The van der Waals surface area contributed by atoms with Gasteiger partial charge in [-0.15, -0.1) is 11.3 Å². The zero-order valence-corrected chi connectivity index (χ0v) is 14.6. The second kappa shape index (κ2) is 7.25. The van der Waals surface area contributed by atoms with Gasteiger partial charge in [0.2, 0.25) is 5.91 Å². The van der Waals surface area contributed by atoms with E-state index in [1.54, 1.807) is 6.08 Å². The quantitative estimate of drug-likeness (QED) is 0.651. The maximum atomic E-state index is 12.9. The molecule has 2 heterocycles. The Kier molecular flexibility index (Phi) is 5.08. The first kappa shape index (κ1) is 16.8. The summed E-state index contributed by atoms with van der Waals surface area (Å²) in [6.45, 7) is -0.177. The van der Waals surface area contributed by atoms with Crippen LogP contribution >= 0.6 is 35.3 Å². The highest BCUT2D eigenvalue weighted by Crippen LogP contribution is 2.33. The van der Waals surface area contributed by atoms with Crippen molar-refractivity contribution < 1.29 is 14.0 Å². The molecule has 2 amide bonds. The Morgan fingerprint density at radius 3 is 2.71 bits per heavy atom. The van der Waals surface area contributed by atoms with Gasteiger partial charge in [0, 0.05) is 10.6 Å². The number of carbonyl (C=O) groups is 2. The van der Waals surface area contributed by atoms with Gasteiger partial charge in [0.25, 0.3) is 5.91 Å². The smallest absolute Gasteiger partial charge is 0.266 e. The number of anilines is 1. The van der Waals surface area contributed by atoms with Crippen LogP contribution in [-0.2, 0) is 9.59 Å². The number of hydrogen-bond acceptors (Lipinski definition) is 5. The first-order chi connectivity index (χ1) is 11.5. The molecule has 0 bridgehead atoms. The number of thiophene rings is 1. The van der Waals surface area contributed by atoms with Crippen molar-refractivity contribution in [1.29, 1.82) is 0 Å². The first-order valence-electron chi connectivity index (χ1n) is 6.87. The van der Waals surface area contributed by atoms with Crippen LogP contribution in [-0.4, -0.2) is 27.6 Å². The molecule has 0 aliphatic carbocycles. The SMILES string of the molecule is O=C(CN1C(=O)C(=Cc2cccs2)SC1=S)Nc1ccc(F)cc1. The van der Waals surface area contributed by atoms with Gasteiger partial charge in [-0.05, 0) is 41.8 Å². The highest BCUT2D eigenvalue weighted by atomic mass is 32.2. The first-order valence-corrected chi connectivity index (χ1v) is 8.97. The van der Waals surface area contributed by atoms with E-state index < -0.39 is 5.91 Å². The number of rotatable bonds is 4. The monoisotopic (exact) mass is 378 g/mol. The molecule has 0 radical (unpaired) electrons. The molecule has 0 spiro atoms. The Labute approximate surface area is 151 Å². The fraction of sp³-hybridized carbons (Fsp3) is 0.0625. The summed E-state index contributed by atoms with van der Waals surface area (Å²) in [5.41, 5.74) is 0.459. The van der Waals surface area contributed by atoms with Crippen molar-refractivity contribution in [2.24, 2.45) is 0 Å². The van der Waals surface area contributed by atoms with Gasteiger partial charge in [-0.25, -0.2) is 4.39 Å². The fourth-order valence-electron chi connectivity index (χ4n) is 2.02. The molecule has 1 N–H and O–H groups in total. The molecular formula is C16H11FN2O2S3. The molecule has 0 atom stereocenters. The topological polar surface area (TPSA) is 49.4 Å². The zero-order chi connectivity index (χ0) is 17.1. The Morgan fingerprint density at radius 2 is 2.04 bits per heavy atom. The summed E-state index contributed by atoms with van der Waals surface area (Å²) in [6.07, 6.45) is 1.77. The Balaban J connectivity index is 1.66. The maximum absolute atomic E-state index is 12.9. The van der Waals surface area contributed by atoms with E-state index in [2.05, 4.69) is 5.32 Å². The zero-order valence-electron chi connectivity index (χ0n) is 12.2. The lowest BCUT2D eigenvalue weighted by Gasteiger charge is -2.14. The maximum Gasteiger partial charge on any atom is 0.266 e. The van der Waals surface area contributed by atoms with E-state index in [-0.39, 0.29) is 18.3 Å². The molecule has 24 heavy (non-hydrogen) atoms. The van der Waals surface area contributed by atoms with E-state index in [4.69, 9.17) is 12.2 Å². The minimum Gasteiger partial charge on any atom is -0.325 e. The molecule has 1 aliphatic heterocycles. The molecule has 1 fully saturated rings. The van der Waals surface area contributed by atoms with Crippen LogP contribution in [0, 0.1) is 5.82 Å². The highest BCUT2D eigenvalue weighted by molar-refractivity contribution is 8.26. The molecular weight excluding hydrogens is 367 g/mol. The number of carbonyl (C=O) groups excluding carboxylic acids is 2.